The molecule has 0 saturated heterocycles. The van der Waals surface area contributed by atoms with Crippen molar-refractivity contribution in [2.75, 3.05) is 11.6 Å². The average Bonchev–Trinajstić information content (AvgIpc) is 2.38. The van der Waals surface area contributed by atoms with E-state index < -0.39 is 0 Å². The number of nitrogens with zero attached hydrogens (tertiary/aromatic N) is 2. The first-order valence-electron chi connectivity index (χ1n) is 5.01. The fourth-order valence-electron chi connectivity index (χ4n) is 1.31. The van der Waals surface area contributed by atoms with Crippen LogP contribution in [0.4, 0.5) is 5.69 Å². The zero-order valence-corrected chi connectivity index (χ0v) is 9.87. The molecule has 82 valence electrons. The Labute approximate surface area is 99.3 Å². The van der Waals surface area contributed by atoms with E-state index in [0.29, 0.717) is 0 Å². The lowest BCUT2D eigenvalue weighted by Gasteiger charge is -2.05. The summed E-state index contributed by atoms with van der Waals surface area (Å²) >= 11 is 1.64. The molecule has 0 bridgehead atoms. The number of thioether (sulfide) groups is 1. The summed E-state index contributed by atoms with van der Waals surface area (Å²) < 4.78 is 0. The first kappa shape index (κ1) is 11.0. The Kier molecular flexibility index (Phi) is 3.77. The number of pyridine rings is 2. The normalized spacial score (nSPS) is 10.1. The molecule has 0 aliphatic heterocycles. The Bertz CT molecular complexity index is 428. The van der Waals surface area contributed by atoms with Crippen LogP contribution in [0, 0.1) is 0 Å². The van der Waals surface area contributed by atoms with Crippen molar-refractivity contribution >= 4 is 17.4 Å². The molecule has 1 N–H and O–H groups in total. The van der Waals surface area contributed by atoms with Crippen LogP contribution in [0.3, 0.4) is 0 Å². The smallest absolute Gasteiger partial charge is 0.0958 e. The predicted octanol–water partition coefficient (Wildman–Crippen LogP) is 2.81. The predicted molar refractivity (Wildman–Crippen MR) is 67.6 cm³/mol. The highest BCUT2D eigenvalue weighted by Gasteiger charge is 1.95. The third-order valence-electron chi connectivity index (χ3n) is 2.16. The Morgan fingerprint density at radius 2 is 2.19 bits per heavy atom. The van der Waals surface area contributed by atoms with Crippen LogP contribution in [0.15, 0.2) is 47.9 Å². The third kappa shape index (κ3) is 2.97. The second-order valence-electron chi connectivity index (χ2n) is 3.30. The lowest BCUT2D eigenvalue weighted by molar-refractivity contribution is 1.08. The minimum atomic E-state index is 0.772. The number of anilines is 1. The van der Waals surface area contributed by atoms with Gasteiger partial charge in [-0.3, -0.25) is 4.98 Å². The van der Waals surface area contributed by atoms with Gasteiger partial charge in [-0.25, -0.2) is 4.98 Å². The topological polar surface area (TPSA) is 37.8 Å². The van der Waals surface area contributed by atoms with Crippen molar-refractivity contribution in [3.8, 4) is 0 Å². The SMILES string of the molecule is CSc1ccc(NCc2cccnc2)cn1. The van der Waals surface area contributed by atoms with Gasteiger partial charge in [-0.2, -0.15) is 0 Å². The minimum absolute atomic E-state index is 0.772. The molecule has 0 amide bonds. The molecule has 2 rings (SSSR count). The molecule has 4 heteroatoms. The first-order chi connectivity index (χ1) is 7.88. The molecular weight excluding hydrogens is 218 g/mol. The summed E-state index contributed by atoms with van der Waals surface area (Å²) in [4.78, 5) is 8.36. The van der Waals surface area contributed by atoms with E-state index in [1.165, 1.54) is 0 Å². The summed E-state index contributed by atoms with van der Waals surface area (Å²) in [6, 6.07) is 8.03. The van der Waals surface area contributed by atoms with Crippen LogP contribution in [0.5, 0.6) is 0 Å². The molecule has 0 aromatic carbocycles. The monoisotopic (exact) mass is 231 g/mol. The van der Waals surface area contributed by atoms with Crippen LogP contribution < -0.4 is 5.32 Å². The maximum Gasteiger partial charge on any atom is 0.0958 e. The van der Waals surface area contributed by atoms with E-state index in [9.17, 15) is 0 Å². The van der Waals surface area contributed by atoms with Crippen molar-refractivity contribution in [2.45, 2.75) is 11.6 Å². The fraction of sp³-hybridized carbons (Fsp3) is 0.167. The molecule has 16 heavy (non-hydrogen) atoms. The highest BCUT2D eigenvalue weighted by atomic mass is 32.2. The summed E-state index contributed by atoms with van der Waals surface area (Å²) in [5.41, 5.74) is 2.19. The van der Waals surface area contributed by atoms with Gasteiger partial charge in [-0.15, -0.1) is 11.8 Å². The second kappa shape index (κ2) is 5.51. The van der Waals surface area contributed by atoms with E-state index in [1.54, 1.807) is 18.0 Å². The number of hydrogen-bond donors (Lipinski definition) is 1. The Morgan fingerprint density at radius 3 is 2.81 bits per heavy atom. The van der Waals surface area contributed by atoms with E-state index in [-0.39, 0.29) is 0 Å². The van der Waals surface area contributed by atoms with E-state index >= 15 is 0 Å². The van der Waals surface area contributed by atoms with Crippen molar-refractivity contribution in [3.63, 3.8) is 0 Å². The Balaban J connectivity index is 1.94. The van der Waals surface area contributed by atoms with Crippen LogP contribution in [0.1, 0.15) is 5.56 Å². The van der Waals surface area contributed by atoms with Crippen molar-refractivity contribution in [2.24, 2.45) is 0 Å². The Morgan fingerprint density at radius 1 is 1.25 bits per heavy atom. The molecule has 2 aromatic rings. The fourth-order valence-corrected chi connectivity index (χ4v) is 1.67. The van der Waals surface area contributed by atoms with Crippen LogP contribution in [0.25, 0.3) is 0 Å². The summed E-state index contributed by atoms with van der Waals surface area (Å²) in [7, 11) is 0. The van der Waals surface area contributed by atoms with E-state index in [1.807, 2.05) is 42.9 Å². The van der Waals surface area contributed by atoms with Gasteiger partial charge in [0.05, 0.1) is 16.9 Å². The average molecular weight is 231 g/mol. The van der Waals surface area contributed by atoms with Gasteiger partial charge in [-0.1, -0.05) is 6.07 Å². The number of rotatable bonds is 4. The van der Waals surface area contributed by atoms with Gasteiger partial charge in [-0.05, 0) is 30.0 Å². The lowest BCUT2D eigenvalue weighted by Crippen LogP contribution is -1.99. The quantitative estimate of drug-likeness (QED) is 0.821. The molecule has 0 aliphatic carbocycles. The maximum absolute atomic E-state index is 4.29. The van der Waals surface area contributed by atoms with Gasteiger partial charge in [0.25, 0.3) is 0 Å². The molecule has 3 nitrogen and oxygen atoms in total. The third-order valence-corrected chi connectivity index (χ3v) is 2.82. The lowest BCUT2D eigenvalue weighted by atomic mass is 10.3. The summed E-state index contributed by atoms with van der Waals surface area (Å²) in [6.45, 7) is 0.772. The molecule has 0 fully saturated rings. The van der Waals surface area contributed by atoms with Crippen LogP contribution in [-0.2, 0) is 6.54 Å². The molecule has 2 heterocycles. The summed E-state index contributed by atoms with van der Waals surface area (Å²) in [5, 5.41) is 4.33. The van der Waals surface area contributed by atoms with E-state index in [2.05, 4.69) is 15.3 Å². The molecule has 0 unspecified atom stereocenters. The zero-order chi connectivity index (χ0) is 11.2. The largest absolute Gasteiger partial charge is 0.380 e. The Hall–Kier alpha value is -1.55. The maximum atomic E-state index is 4.29. The van der Waals surface area contributed by atoms with E-state index in [4.69, 9.17) is 0 Å². The van der Waals surface area contributed by atoms with Gasteiger partial charge in [0.2, 0.25) is 0 Å². The number of aromatic nitrogens is 2. The van der Waals surface area contributed by atoms with Gasteiger partial charge in [0, 0.05) is 18.9 Å². The highest BCUT2D eigenvalue weighted by molar-refractivity contribution is 7.98. The van der Waals surface area contributed by atoms with Gasteiger partial charge in [0.15, 0.2) is 0 Å². The molecule has 0 radical (unpaired) electrons. The molecule has 0 atom stereocenters. The molecule has 0 saturated carbocycles. The number of hydrogen-bond acceptors (Lipinski definition) is 4. The minimum Gasteiger partial charge on any atom is -0.380 e. The highest BCUT2D eigenvalue weighted by Crippen LogP contribution is 2.14. The van der Waals surface area contributed by atoms with Crippen molar-refractivity contribution in [3.05, 3.63) is 48.4 Å². The second-order valence-corrected chi connectivity index (χ2v) is 4.13. The number of nitrogens with one attached hydrogen (secondary N) is 1. The summed E-state index contributed by atoms with van der Waals surface area (Å²) in [5.74, 6) is 0. The van der Waals surface area contributed by atoms with E-state index in [0.717, 1.165) is 22.8 Å². The molecular formula is C12H13N3S. The van der Waals surface area contributed by atoms with Gasteiger partial charge < -0.3 is 5.32 Å². The standard InChI is InChI=1S/C12H13N3S/c1-16-12-5-4-11(9-15-12)14-8-10-3-2-6-13-7-10/h2-7,9,14H,8H2,1H3. The van der Waals surface area contributed by atoms with Crippen molar-refractivity contribution in [1.82, 2.24) is 9.97 Å². The van der Waals surface area contributed by atoms with Crippen LogP contribution in [-0.4, -0.2) is 16.2 Å². The van der Waals surface area contributed by atoms with Gasteiger partial charge in [0.1, 0.15) is 0 Å². The molecule has 0 aliphatic rings. The summed E-state index contributed by atoms with van der Waals surface area (Å²) in [6.07, 6.45) is 7.50. The molecule has 0 spiro atoms. The van der Waals surface area contributed by atoms with Crippen LogP contribution >= 0.6 is 11.8 Å². The zero-order valence-electron chi connectivity index (χ0n) is 9.05. The first-order valence-corrected chi connectivity index (χ1v) is 6.24. The van der Waals surface area contributed by atoms with Gasteiger partial charge >= 0.3 is 0 Å². The molecule has 2 aromatic heterocycles. The van der Waals surface area contributed by atoms with Crippen molar-refractivity contribution in [1.29, 1.82) is 0 Å². The van der Waals surface area contributed by atoms with Crippen molar-refractivity contribution < 1.29 is 0 Å². The van der Waals surface area contributed by atoms with Crippen LogP contribution in [0.2, 0.25) is 0 Å².